The van der Waals surface area contributed by atoms with Crippen molar-refractivity contribution in [2.45, 2.75) is 44.8 Å². The van der Waals surface area contributed by atoms with Crippen molar-refractivity contribution in [3.05, 3.63) is 28.7 Å². The van der Waals surface area contributed by atoms with E-state index < -0.39 is 0 Å². The molecule has 0 saturated carbocycles. The number of hydrogen-bond donors (Lipinski definition) is 1. The van der Waals surface area contributed by atoms with E-state index >= 15 is 0 Å². The fraction of sp³-hybridized carbons (Fsp3) is 0.625. The van der Waals surface area contributed by atoms with Crippen LogP contribution in [0.3, 0.4) is 0 Å². The first-order chi connectivity index (χ1) is 9.65. The van der Waals surface area contributed by atoms with Gasteiger partial charge in [0.15, 0.2) is 0 Å². The summed E-state index contributed by atoms with van der Waals surface area (Å²) in [7, 11) is 0. The Balaban J connectivity index is 1.77. The molecule has 0 spiro atoms. The highest BCUT2D eigenvalue weighted by atomic mass is 79.9. The smallest absolute Gasteiger partial charge is 0.119 e. The first-order valence-corrected chi connectivity index (χ1v) is 8.25. The Hall–Kier alpha value is -0.580. The lowest BCUT2D eigenvalue weighted by Crippen LogP contribution is -2.43. The number of hydrogen-bond acceptors (Lipinski definition) is 3. The minimum atomic E-state index is -0.215. The van der Waals surface area contributed by atoms with Crippen molar-refractivity contribution in [1.82, 2.24) is 4.90 Å². The fourth-order valence-corrected chi connectivity index (χ4v) is 3.09. The third-order valence-electron chi connectivity index (χ3n) is 3.82. The maximum absolute atomic E-state index is 9.59. The van der Waals surface area contributed by atoms with Gasteiger partial charge in [-0.15, -0.1) is 0 Å². The van der Waals surface area contributed by atoms with Crippen LogP contribution in [0.2, 0.25) is 0 Å². The number of ether oxygens (including phenoxy) is 1. The van der Waals surface area contributed by atoms with Crippen molar-refractivity contribution >= 4 is 15.9 Å². The molecule has 1 N–H and O–H groups in total. The molecule has 0 bridgehead atoms. The number of aliphatic hydroxyl groups is 1. The molecule has 0 amide bonds. The van der Waals surface area contributed by atoms with Gasteiger partial charge in [0.2, 0.25) is 0 Å². The van der Waals surface area contributed by atoms with E-state index in [4.69, 9.17) is 4.74 Å². The van der Waals surface area contributed by atoms with Crippen molar-refractivity contribution in [1.29, 1.82) is 0 Å². The molecule has 112 valence electrons. The van der Waals surface area contributed by atoms with Crippen LogP contribution in [0.1, 0.15) is 32.6 Å². The molecule has 1 aromatic rings. The Labute approximate surface area is 130 Å². The van der Waals surface area contributed by atoms with Crippen LogP contribution >= 0.6 is 15.9 Å². The van der Waals surface area contributed by atoms with E-state index in [2.05, 4.69) is 20.8 Å². The Morgan fingerprint density at radius 1 is 1.35 bits per heavy atom. The number of benzene rings is 1. The molecule has 0 aliphatic carbocycles. The average molecular weight is 342 g/mol. The number of aliphatic hydroxyl groups excluding tert-OH is 1. The first kappa shape index (κ1) is 15.8. The molecule has 1 aliphatic heterocycles. The zero-order valence-corrected chi connectivity index (χ0v) is 13.7. The second-order valence-electron chi connectivity index (χ2n) is 5.57. The maximum atomic E-state index is 9.59. The Kier molecular flexibility index (Phi) is 6.33. The molecular formula is C16H24BrNO2. The van der Waals surface area contributed by atoms with Gasteiger partial charge in [-0.3, -0.25) is 4.90 Å². The number of nitrogens with zero attached hydrogens (tertiary/aromatic N) is 1. The van der Waals surface area contributed by atoms with E-state index in [9.17, 15) is 5.11 Å². The van der Waals surface area contributed by atoms with Gasteiger partial charge in [0.25, 0.3) is 0 Å². The molecule has 1 heterocycles. The van der Waals surface area contributed by atoms with Crippen molar-refractivity contribution in [2.24, 2.45) is 0 Å². The minimum absolute atomic E-state index is 0.215. The minimum Gasteiger partial charge on any atom is -0.492 e. The molecular weight excluding hydrogens is 318 g/mol. The zero-order chi connectivity index (χ0) is 14.4. The van der Waals surface area contributed by atoms with Crippen LogP contribution in [-0.4, -0.2) is 41.8 Å². The van der Waals surface area contributed by atoms with Crippen molar-refractivity contribution < 1.29 is 9.84 Å². The third kappa shape index (κ3) is 5.08. The summed E-state index contributed by atoms with van der Waals surface area (Å²) in [6, 6.07) is 8.46. The summed E-state index contributed by atoms with van der Waals surface area (Å²) in [5.41, 5.74) is 0. The SMILES string of the molecule is CC(O)CC1CCCCN1CCOc1ccc(Br)cc1. The monoisotopic (exact) mass is 341 g/mol. The topological polar surface area (TPSA) is 32.7 Å². The van der Waals surface area contributed by atoms with E-state index in [1.54, 1.807) is 0 Å². The van der Waals surface area contributed by atoms with Gasteiger partial charge < -0.3 is 9.84 Å². The fourth-order valence-electron chi connectivity index (χ4n) is 2.83. The van der Waals surface area contributed by atoms with Gasteiger partial charge in [0, 0.05) is 17.1 Å². The lowest BCUT2D eigenvalue weighted by atomic mass is 9.97. The number of rotatable bonds is 6. The lowest BCUT2D eigenvalue weighted by molar-refractivity contribution is 0.0761. The number of piperidine rings is 1. The lowest BCUT2D eigenvalue weighted by Gasteiger charge is -2.36. The zero-order valence-electron chi connectivity index (χ0n) is 12.1. The molecule has 1 aromatic carbocycles. The van der Waals surface area contributed by atoms with E-state index in [1.165, 1.54) is 19.3 Å². The Morgan fingerprint density at radius 3 is 2.80 bits per heavy atom. The highest BCUT2D eigenvalue weighted by Crippen LogP contribution is 2.21. The molecule has 0 radical (unpaired) electrons. The predicted molar refractivity (Wildman–Crippen MR) is 85.1 cm³/mol. The second kappa shape index (κ2) is 8.01. The normalized spacial score (nSPS) is 21.6. The molecule has 1 fully saturated rings. The van der Waals surface area contributed by atoms with Gasteiger partial charge >= 0.3 is 0 Å². The predicted octanol–water partition coefficient (Wildman–Crippen LogP) is 3.45. The highest BCUT2D eigenvalue weighted by molar-refractivity contribution is 9.10. The molecule has 1 saturated heterocycles. The molecule has 2 atom stereocenters. The van der Waals surface area contributed by atoms with Gasteiger partial charge in [0.05, 0.1) is 6.10 Å². The van der Waals surface area contributed by atoms with E-state index in [-0.39, 0.29) is 6.10 Å². The summed E-state index contributed by atoms with van der Waals surface area (Å²) in [6.45, 7) is 4.65. The molecule has 2 unspecified atom stereocenters. The van der Waals surface area contributed by atoms with Crippen LogP contribution in [0.4, 0.5) is 0 Å². The summed E-state index contributed by atoms with van der Waals surface area (Å²) >= 11 is 3.42. The van der Waals surface area contributed by atoms with Crippen LogP contribution in [0.25, 0.3) is 0 Å². The van der Waals surface area contributed by atoms with E-state index in [0.717, 1.165) is 29.7 Å². The average Bonchev–Trinajstić information content (AvgIpc) is 2.42. The standard InChI is InChI=1S/C16H24BrNO2/c1-13(19)12-15-4-2-3-9-18(15)10-11-20-16-7-5-14(17)6-8-16/h5-8,13,15,19H,2-4,9-12H2,1H3. The highest BCUT2D eigenvalue weighted by Gasteiger charge is 2.23. The quantitative estimate of drug-likeness (QED) is 0.860. The Morgan fingerprint density at radius 2 is 2.10 bits per heavy atom. The molecule has 3 nitrogen and oxygen atoms in total. The van der Waals surface area contributed by atoms with Gasteiger partial charge in [-0.25, -0.2) is 0 Å². The van der Waals surface area contributed by atoms with Crippen molar-refractivity contribution in [3.8, 4) is 5.75 Å². The van der Waals surface area contributed by atoms with Crippen molar-refractivity contribution in [2.75, 3.05) is 19.7 Å². The molecule has 2 rings (SSSR count). The van der Waals surface area contributed by atoms with Crippen LogP contribution in [0.5, 0.6) is 5.75 Å². The Bertz CT molecular complexity index is 394. The van der Waals surface area contributed by atoms with Gasteiger partial charge in [-0.05, 0) is 57.0 Å². The van der Waals surface area contributed by atoms with Gasteiger partial charge in [0.1, 0.15) is 12.4 Å². The van der Waals surface area contributed by atoms with Gasteiger partial charge in [-0.2, -0.15) is 0 Å². The number of halogens is 1. The summed E-state index contributed by atoms with van der Waals surface area (Å²) in [6.07, 6.45) is 4.39. The molecule has 20 heavy (non-hydrogen) atoms. The summed E-state index contributed by atoms with van der Waals surface area (Å²) in [4.78, 5) is 2.47. The van der Waals surface area contributed by atoms with Crippen LogP contribution in [0, 0.1) is 0 Å². The van der Waals surface area contributed by atoms with Crippen LogP contribution in [-0.2, 0) is 0 Å². The third-order valence-corrected chi connectivity index (χ3v) is 4.35. The van der Waals surface area contributed by atoms with Gasteiger partial charge in [-0.1, -0.05) is 22.4 Å². The maximum Gasteiger partial charge on any atom is 0.119 e. The van der Waals surface area contributed by atoms with E-state index in [1.807, 2.05) is 31.2 Å². The molecule has 1 aliphatic rings. The number of likely N-dealkylation sites (tertiary alicyclic amines) is 1. The van der Waals surface area contributed by atoms with Crippen LogP contribution < -0.4 is 4.74 Å². The molecule has 0 aromatic heterocycles. The summed E-state index contributed by atoms with van der Waals surface area (Å²) < 4.78 is 6.86. The van der Waals surface area contributed by atoms with Crippen LogP contribution in [0.15, 0.2) is 28.7 Å². The van der Waals surface area contributed by atoms with Crippen molar-refractivity contribution in [3.63, 3.8) is 0 Å². The first-order valence-electron chi connectivity index (χ1n) is 7.45. The summed E-state index contributed by atoms with van der Waals surface area (Å²) in [5, 5.41) is 9.59. The van der Waals surface area contributed by atoms with E-state index in [0.29, 0.717) is 12.6 Å². The molecule has 4 heteroatoms. The largest absolute Gasteiger partial charge is 0.492 e. The summed E-state index contributed by atoms with van der Waals surface area (Å²) in [5.74, 6) is 0.914. The second-order valence-corrected chi connectivity index (χ2v) is 6.49.